The SMILES string of the molecule is c1ccc(-c2cc(Nc3ccc(-n4c5ccccc5c5ccccc54)cc3)c(-c3ccccc3)c(N(Nc3ccc(-n4c5ccccc5c5ccccc54)cc3)c3ccc(-n4c5ccccc5c5ccccc54)cc3)c2-c2ccccc2)cc1. The van der Waals surface area contributed by atoms with Crippen LogP contribution in [0.4, 0.5) is 28.4 Å². The molecule has 16 rings (SSSR count). The summed E-state index contributed by atoms with van der Waals surface area (Å²) in [5, 5.41) is 13.8. The highest BCUT2D eigenvalue weighted by Gasteiger charge is 2.28. The van der Waals surface area contributed by atoms with Crippen molar-refractivity contribution in [2.24, 2.45) is 0 Å². The molecule has 0 aliphatic heterocycles. The minimum atomic E-state index is 0.921. The molecule has 3 heterocycles. The molecule has 0 unspecified atom stereocenters. The Hall–Kier alpha value is -11.3. The van der Waals surface area contributed by atoms with Crippen LogP contribution < -0.4 is 15.8 Å². The molecule has 0 atom stereocenters. The number of fused-ring (bicyclic) bond motifs is 9. The number of hydrogen-bond donors (Lipinski definition) is 2. The second kappa shape index (κ2) is 20.3. The Morgan fingerprint density at radius 2 is 0.571 bits per heavy atom. The van der Waals surface area contributed by atoms with Crippen molar-refractivity contribution in [2.75, 3.05) is 15.8 Å². The van der Waals surface area contributed by atoms with Gasteiger partial charge in [0.2, 0.25) is 0 Å². The van der Waals surface area contributed by atoms with Crippen LogP contribution in [0.3, 0.4) is 0 Å². The molecule has 0 bridgehead atoms. The van der Waals surface area contributed by atoms with Crippen LogP contribution in [0.1, 0.15) is 0 Å². The third-order valence-corrected chi connectivity index (χ3v) is 16.6. The Bertz CT molecular complexity index is 4940. The molecule has 0 saturated carbocycles. The molecule has 0 fully saturated rings. The van der Waals surface area contributed by atoms with E-state index >= 15 is 0 Å². The number of nitrogens with zero attached hydrogens (tertiary/aromatic N) is 4. The highest BCUT2D eigenvalue weighted by Crippen LogP contribution is 2.52. The van der Waals surface area contributed by atoms with E-state index in [-0.39, 0.29) is 0 Å². The van der Waals surface area contributed by atoms with Gasteiger partial charge >= 0.3 is 0 Å². The van der Waals surface area contributed by atoms with E-state index in [1.807, 2.05) is 0 Å². The molecule has 84 heavy (non-hydrogen) atoms. The monoisotopic (exact) mass is 1070 g/mol. The number of aromatic nitrogens is 3. The summed E-state index contributed by atoms with van der Waals surface area (Å²) < 4.78 is 7.13. The van der Waals surface area contributed by atoms with Gasteiger partial charge in [-0.1, -0.05) is 200 Å². The summed E-state index contributed by atoms with van der Waals surface area (Å²) in [5.41, 5.74) is 25.6. The van der Waals surface area contributed by atoms with Gasteiger partial charge in [-0.3, -0.25) is 10.4 Å². The van der Waals surface area contributed by atoms with E-state index in [9.17, 15) is 0 Å². The zero-order chi connectivity index (χ0) is 55.5. The third kappa shape index (κ3) is 8.19. The van der Waals surface area contributed by atoms with E-state index in [1.54, 1.807) is 0 Å². The Labute approximate surface area is 486 Å². The summed E-state index contributed by atoms with van der Waals surface area (Å²) in [5.74, 6) is 0. The first-order valence-corrected chi connectivity index (χ1v) is 28.7. The quantitative estimate of drug-likeness (QED) is 0.120. The van der Waals surface area contributed by atoms with Gasteiger partial charge in [-0.05, 0) is 138 Å². The smallest absolute Gasteiger partial charge is 0.0814 e. The number of para-hydroxylation sites is 6. The summed E-state index contributed by atoms with van der Waals surface area (Å²) in [6.07, 6.45) is 0. The number of hydrogen-bond acceptors (Lipinski definition) is 3. The fourth-order valence-corrected chi connectivity index (χ4v) is 12.9. The molecule has 396 valence electrons. The summed E-state index contributed by atoms with van der Waals surface area (Å²) in [7, 11) is 0. The molecule has 0 aliphatic rings. The lowest BCUT2D eigenvalue weighted by molar-refractivity contribution is 1.14. The Kier molecular flexibility index (Phi) is 11.8. The maximum atomic E-state index is 4.10. The number of anilines is 5. The molecule has 6 heteroatoms. The lowest BCUT2D eigenvalue weighted by atomic mass is 9.87. The van der Waals surface area contributed by atoms with Crippen molar-refractivity contribution in [1.82, 2.24) is 13.7 Å². The van der Waals surface area contributed by atoms with E-state index in [2.05, 4.69) is 345 Å². The Balaban J connectivity index is 0.921. The normalized spacial score (nSPS) is 11.6. The van der Waals surface area contributed by atoms with Crippen LogP contribution in [0, 0.1) is 0 Å². The average molecular weight is 1080 g/mol. The molecule has 0 radical (unpaired) electrons. The number of rotatable bonds is 12. The first-order valence-electron chi connectivity index (χ1n) is 28.7. The molecule has 0 amide bonds. The van der Waals surface area contributed by atoms with Crippen molar-refractivity contribution in [1.29, 1.82) is 0 Å². The van der Waals surface area contributed by atoms with Crippen LogP contribution in [0.15, 0.2) is 315 Å². The molecule has 3 aromatic heterocycles. The minimum Gasteiger partial charge on any atom is -0.355 e. The van der Waals surface area contributed by atoms with Crippen molar-refractivity contribution < 1.29 is 0 Å². The fourth-order valence-electron chi connectivity index (χ4n) is 12.9. The van der Waals surface area contributed by atoms with Crippen LogP contribution in [0.25, 0.3) is 116 Å². The van der Waals surface area contributed by atoms with Gasteiger partial charge in [-0.15, -0.1) is 0 Å². The molecule has 6 nitrogen and oxygen atoms in total. The Morgan fingerprint density at radius 1 is 0.262 bits per heavy atom. The summed E-state index contributed by atoms with van der Waals surface area (Å²) in [6, 6.07) is 114. The zero-order valence-electron chi connectivity index (χ0n) is 45.8. The summed E-state index contributed by atoms with van der Waals surface area (Å²) >= 11 is 0. The van der Waals surface area contributed by atoms with Gasteiger partial charge in [0, 0.05) is 71.9 Å². The maximum Gasteiger partial charge on any atom is 0.0814 e. The van der Waals surface area contributed by atoms with Crippen molar-refractivity contribution >= 4 is 93.9 Å². The molecule has 0 spiro atoms. The van der Waals surface area contributed by atoms with Gasteiger partial charge in [-0.2, -0.15) is 0 Å². The van der Waals surface area contributed by atoms with Crippen LogP contribution in [0.5, 0.6) is 0 Å². The van der Waals surface area contributed by atoms with Gasteiger partial charge in [0.15, 0.2) is 0 Å². The van der Waals surface area contributed by atoms with Crippen LogP contribution in [0.2, 0.25) is 0 Å². The lowest BCUT2D eigenvalue weighted by Gasteiger charge is -2.34. The standard InChI is InChI=1S/C78H54N6/c1-4-22-53(23-5-1)68-52-69(79-56-40-44-58(45-41-56)81-70-34-16-10-28-62(70)63-29-11-17-35-71(63)81)77(55-26-8-3-9-27-55)78(76(68)54-24-6-2-7-25-54)84(61-50-48-60(49-51-61)83-74-38-20-14-32-66(74)67-33-15-21-39-75(67)83)80-57-42-46-59(47-43-57)82-72-36-18-12-30-64(72)65-31-13-19-37-73(65)82/h1-52,79-80H. The second-order valence-corrected chi connectivity index (χ2v) is 21.5. The molecular formula is C78H54N6. The zero-order valence-corrected chi connectivity index (χ0v) is 45.8. The van der Waals surface area contributed by atoms with E-state index in [1.165, 1.54) is 54.4 Å². The van der Waals surface area contributed by atoms with Gasteiger partial charge in [0.25, 0.3) is 0 Å². The molecule has 0 saturated heterocycles. The molecular weight excluding hydrogens is 1020 g/mol. The highest BCUT2D eigenvalue weighted by atomic mass is 15.5. The Morgan fingerprint density at radius 3 is 0.952 bits per heavy atom. The van der Waals surface area contributed by atoms with Gasteiger partial charge < -0.3 is 19.0 Å². The summed E-state index contributed by atoms with van der Waals surface area (Å²) in [4.78, 5) is 0. The molecule has 16 aromatic rings. The second-order valence-electron chi connectivity index (χ2n) is 21.5. The largest absolute Gasteiger partial charge is 0.355 e. The van der Waals surface area contributed by atoms with E-state index in [0.717, 1.165) is 89.9 Å². The number of hydrazine groups is 1. The van der Waals surface area contributed by atoms with Gasteiger partial charge in [-0.25, -0.2) is 0 Å². The van der Waals surface area contributed by atoms with E-state index in [0.29, 0.717) is 0 Å². The van der Waals surface area contributed by atoms with Gasteiger partial charge in [0.05, 0.1) is 50.2 Å². The average Bonchev–Trinajstić information content (AvgIpc) is 2.37. The number of nitrogens with one attached hydrogen (secondary N) is 2. The topological polar surface area (TPSA) is 42.1 Å². The highest BCUT2D eigenvalue weighted by molar-refractivity contribution is 6.12. The number of benzene rings is 13. The maximum absolute atomic E-state index is 4.10. The minimum absolute atomic E-state index is 0.921. The third-order valence-electron chi connectivity index (χ3n) is 16.6. The van der Waals surface area contributed by atoms with Crippen LogP contribution >= 0.6 is 0 Å². The molecule has 13 aromatic carbocycles. The molecule has 0 aliphatic carbocycles. The van der Waals surface area contributed by atoms with Crippen molar-refractivity contribution in [3.05, 3.63) is 315 Å². The predicted octanol–water partition coefficient (Wildman–Crippen LogP) is 20.9. The molecule has 2 N–H and O–H groups in total. The fraction of sp³-hybridized carbons (Fsp3) is 0. The van der Waals surface area contributed by atoms with Crippen molar-refractivity contribution in [3.63, 3.8) is 0 Å². The summed E-state index contributed by atoms with van der Waals surface area (Å²) in [6.45, 7) is 0. The van der Waals surface area contributed by atoms with Crippen LogP contribution in [-0.2, 0) is 0 Å². The lowest BCUT2D eigenvalue weighted by Crippen LogP contribution is -2.26. The van der Waals surface area contributed by atoms with E-state index in [4.69, 9.17) is 0 Å². The first kappa shape index (κ1) is 48.6. The van der Waals surface area contributed by atoms with Crippen molar-refractivity contribution in [3.8, 4) is 50.4 Å². The first-order chi connectivity index (χ1) is 41.7. The van der Waals surface area contributed by atoms with Gasteiger partial charge in [0.1, 0.15) is 0 Å². The van der Waals surface area contributed by atoms with Crippen LogP contribution in [-0.4, -0.2) is 13.7 Å². The van der Waals surface area contributed by atoms with Crippen molar-refractivity contribution in [2.45, 2.75) is 0 Å². The predicted molar refractivity (Wildman–Crippen MR) is 354 cm³/mol. The van der Waals surface area contributed by atoms with E-state index < -0.39 is 0 Å².